The second-order valence-electron chi connectivity index (χ2n) is 7.88. The van der Waals surface area contributed by atoms with Gasteiger partial charge in [-0.05, 0) is 47.7 Å². The van der Waals surface area contributed by atoms with Gasteiger partial charge in [-0.2, -0.15) is 35.1 Å². The maximum atomic E-state index is 14.0. The standard InChI is InChI=1S/C21H16F6N2O3S/c22-20(23,24)9-32-18-13(11-3-4-16-17(8-11)29-33-28-16)6-12(7-15(18)21(25,26)27)14(19(30)31)5-10-1-2-10/h3-4,6-8,10,14H,1-2,5,9H2,(H,30,31)/t14-/m1/s1. The van der Waals surface area contributed by atoms with Gasteiger partial charge >= 0.3 is 18.3 Å². The maximum absolute atomic E-state index is 14.0. The van der Waals surface area contributed by atoms with Crippen LogP contribution < -0.4 is 4.74 Å². The third-order valence-electron chi connectivity index (χ3n) is 5.33. The highest BCUT2D eigenvalue weighted by molar-refractivity contribution is 7.00. The van der Waals surface area contributed by atoms with Crippen LogP contribution in [0.2, 0.25) is 0 Å². The zero-order chi connectivity index (χ0) is 24.0. The van der Waals surface area contributed by atoms with Crippen molar-refractivity contribution in [1.82, 2.24) is 8.75 Å². The van der Waals surface area contributed by atoms with E-state index in [2.05, 4.69) is 13.5 Å². The molecule has 33 heavy (non-hydrogen) atoms. The number of nitrogens with zero attached hydrogens (tertiary/aromatic N) is 2. The SMILES string of the molecule is O=C(O)[C@H](CC1CC1)c1cc(-c2ccc3nsnc3c2)c(OCC(F)(F)F)c(C(F)(F)F)c1. The molecule has 0 radical (unpaired) electrons. The molecule has 1 atom stereocenters. The average molecular weight is 490 g/mol. The van der Waals surface area contributed by atoms with E-state index in [0.29, 0.717) is 17.1 Å². The topological polar surface area (TPSA) is 72.3 Å². The van der Waals surface area contributed by atoms with Crippen molar-refractivity contribution in [1.29, 1.82) is 0 Å². The van der Waals surface area contributed by atoms with Crippen molar-refractivity contribution in [2.45, 2.75) is 37.5 Å². The summed E-state index contributed by atoms with van der Waals surface area (Å²) in [6, 6.07) is 6.00. The van der Waals surface area contributed by atoms with Crippen LogP contribution in [0.15, 0.2) is 30.3 Å². The molecule has 0 spiro atoms. The fourth-order valence-electron chi connectivity index (χ4n) is 3.60. The van der Waals surface area contributed by atoms with E-state index in [4.69, 9.17) is 0 Å². The van der Waals surface area contributed by atoms with Crippen molar-refractivity contribution in [2.24, 2.45) is 5.92 Å². The smallest absolute Gasteiger partial charge is 0.422 e. The Hall–Kier alpha value is -2.89. The fourth-order valence-corrected chi connectivity index (χ4v) is 4.12. The number of rotatable bonds is 7. The molecule has 12 heteroatoms. The molecule has 3 aromatic rings. The first-order valence-corrected chi connectivity index (χ1v) is 10.6. The van der Waals surface area contributed by atoms with Gasteiger partial charge in [-0.1, -0.05) is 18.9 Å². The second kappa shape index (κ2) is 8.47. The number of halogens is 6. The number of aromatic nitrogens is 2. The number of alkyl halides is 6. The van der Waals surface area contributed by atoms with E-state index < -0.39 is 42.2 Å². The summed E-state index contributed by atoms with van der Waals surface area (Å²) in [5, 5.41) is 9.67. The lowest BCUT2D eigenvalue weighted by Crippen LogP contribution is -2.22. The van der Waals surface area contributed by atoms with Crippen LogP contribution >= 0.6 is 11.7 Å². The molecule has 5 nitrogen and oxygen atoms in total. The van der Waals surface area contributed by atoms with Crippen LogP contribution in [0, 0.1) is 5.92 Å². The Bertz CT molecular complexity index is 1190. The Kier molecular flexibility index (Phi) is 5.97. The summed E-state index contributed by atoms with van der Waals surface area (Å²) in [5.74, 6) is -3.47. The first-order valence-electron chi connectivity index (χ1n) is 9.82. The van der Waals surface area contributed by atoms with Crippen LogP contribution in [-0.2, 0) is 11.0 Å². The first kappa shape index (κ1) is 23.3. The first-order chi connectivity index (χ1) is 15.4. The molecule has 0 bridgehead atoms. The van der Waals surface area contributed by atoms with Gasteiger partial charge in [-0.3, -0.25) is 4.79 Å². The Labute approximate surface area is 187 Å². The third-order valence-corrected chi connectivity index (χ3v) is 5.88. The number of carbonyl (C=O) groups is 1. The van der Waals surface area contributed by atoms with Crippen LogP contribution in [-0.4, -0.2) is 32.6 Å². The quantitative estimate of drug-likeness (QED) is 0.395. The summed E-state index contributed by atoms with van der Waals surface area (Å²) in [6.07, 6.45) is -8.26. The Morgan fingerprint density at radius 3 is 2.39 bits per heavy atom. The number of benzene rings is 2. The molecule has 1 N–H and O–H groups in total. The number of aliphatic carboxylic acids is 1. The molecule has 1 fully saturated rings. The van der Waals surface area contributed by atoms with Gasteiger partial charge in [0.2, 0.25) is 0 Å². The van der Waals surface area contributed by atoms with E-state index in [1.165, 1.54) is 24.3 Å². The number of hydrogen-bond acceptors (Lipinski definition) is 5. The Morgan fingerprint density at radius 2 is 1.79 bits per heavy atom. The van der Waals surface area contributed by atoms with Crippen LogP contribution in [0.5, 0.6) is 5.75 Å². The molecule has 1 aliphatic rings. The minimum Gasteiger partial charge on any atom is -0.483 e. The van der Waals surface area contributed by atoms with E-state index in [1.807, 2.05) is 0 Å². The second-order valence-corrected chi connectivity index (χ2v) is 8.41. The number of fused-ring (bicyclic) bond motifs is 1. The van der Waals surface area contributed by atoms with E-state index in [1.54, 1.807) is 0 Å². The van der Waals surface area contributed by atoms with Crippen molar-refractivity contribution >= 4 is 28.7 Å². The molecule has 0 aliphatic heterocycles. The highest BCUT2D eigenvalue weighted by Gasteiger charge is 2.40. The average Bonchev–Trinajstić information content (AvgIpc) is 3.42. The van der Waals surface area contributed by atoms with Gasteiger partial charge in [-0.25, -0.2) is 0 Å². The van der Waals surface area contributed by atoms with Crippen molar-refractivity contribution in [3.05, 3.63) is 41.5 Å². The monoisotopic (exact) mass is 490 g/mol. The molecule has 1 aliphatic carbocycles. The van der Waals surface area contributed by atoms with Crippen molar-refractivity contribution < 1.29 is 41.0 Å². The van der Waals surface area contributed by atoms with E-state index in [0.717, 1.165) is 24.6 Å². The van der Waals surface area contributed by atoms with Gasteiger partial charge in [-0.15, -0.1) is 0 Å². The zero-order valence-corrected chi connectivity index (χ0v) is 17.5. The lowest BCUT2D eigenvalue weighted by Gasteiger charge is -2.22. The predicted molar refractivity (Wildman–Crippen MR) is 107 cm³/mol. The Balaban J connectivity index is 1.93. The van der Waals surface area contributed by atoms with E-state index in [-0.39, 0.29) is 29.0 Å². The molecule has 1 aromatic heterocycles. The molecule has 2 aromatic carbocycles. The fraction of sp³-hybridized carbons (Fsp3) is 0.381. The van der Waals surface area contributed by atoms with Crippen LogP contribution in [0.1, 0.15) is 36.3 Å². The number of carboxylic acid groups (broad SMARTS) is 1. The summed E-state index contributed by atoms with van der Waals surface area (Å²) in [5.41, 5.74) is -0.987. The molecule has 4 rings (SSSR count). The van der Waals surface area contributed by atoms with Gasteiger partial charge in [0.25, 0.3) is 0 Å². The minimum atomic E-state index is -5.08. The summed E-state index contributed by atoms with van der Waals surface area (Å²) >= 11 is 0.870. The van der Waals surface area contributed by atoms with Gasteiger partial charge in [0.05, 0.1) is 23.2 Å². The lowest BCUT2D eigenvalue weighted by molar-refractivity contribution is -0.158. The molecular weight excluding hydrogens is 474 g/mol. The summed E-state index contributed by atoms with van der Waals surface area (Å²) in [7, 11) is 0. The minimum absolute atomic E-state index is 0.0856. The van der Waals surface area contributed by atoms with Gasteiger partial charge in [0, 0.05) is 5.56 Å². The van der Waals surface area contributed by atoms with Crippen LogP contribution in [0.4, 0.5) is 26.3 Å². The van der Waals surface area contributed by atoms with E-state index in [9.17, 15) is 36.2 Å². The van der Waals surface area contributed by atoms with Gasteiger partial charge < -0.3 is 9.84 Å². The maximum Gasteiger partial charge on any atom is 0.422 e. The molecule has 0 amide bonds. The summed E-state index contributed by atoms with van der Waals surface area (Å²) < 4.78 is 93.1. The molecule has 176 valence electrons. The number of hydrogen-bond donors (Lipinski definition) is 1. The third kappa shape index (κ3) is 5.37. The number of carboxylic acids is 1. The highest BCUT2D eigenvalue weighted by Crippen LogP contribution is 2.47. The van der Waals surface area contributed by atoms with Gasteiger partial charge in [0.1, 0.15) is 16.8 Å². The van der Waals surface area contributed by atoms with Crippen molar-refractivity contribution in [2.75, 3.05) is 6.61 Å². The number of ether oxygens (including phenoxy) is 1. The van der Waals surface area contributed by atoms with Crippen LogP contribution in [0.25, 0.3) is 22.2 Å². The molecule has 0 saturated heterocycles. The zero-order valence-electron chi connectivity index (χ0n) is 16.7. The van der Waals surface area contributed by atoms with Crippen molar-refractivity contribution in [3.8, 4) is 16.9 Å². The Morgan fingerprint density at radius 1 is 1.09 bits per heavy atom. The van der Waals surface area contributed by atoms with Crippen LogP contribution in [0.3, 0.4) is 0 Å². The largest absolute Gasteiger partial charge is 0.483 e. The molecule has 1 saturated carbocycles. The lowest BCUT2D eigenvalue weighted by atomic mass is 9.88. The summed E-state index contributed by atoms with van der Waals surface area (Å²) in [6.45, 7) is -1.94. The molecular formula is C21H16F6N2O3S. The summed E-state index contributed by atoms with van der Waals surface area (Å²) in [4.78, 5) is 11.9. The molecule has 1 heterocycles. The molecule has 0 unspecified atom stereocenters. The van der Waals surface area contributed by atoms with Gasteiger partial charge in [0.15, 0.2) is 6.61 Å². The van der Waals surface area contributed by atoms with Crippen molar-refractivity contribution in [3.63, 3.8) is 0 Å². The predicted octanol–water partition coefficient (Wildman–Crippen LogP) is 6.29. The van der Waals surface area contributed by atoms with E-state index >= 15 is 0 Å². The normalized spacial score (nSPS) is 15.6. The highest BCUT2D eigenvalue weighted by atomic mass is 32.1.